The van der Waals surface area contributed by atoms with Crippen LogP contribution in [0.3, 0.4) is 0 Å². The first kappa shape index (κ1) is 28.8. The minimum Gasteiger partial charge on any atom is -0.442 e. The molecule has 222 valence electrons. The van der Waals surface area contributed by atoms with Crippen LogP contribution in [-0.2, 0) is 39.1 Å². The SMILES string of the molecule is CC(=O)N(C[C@H]1CN(c2ccc(N3Cc4cn(C)nc4C3)c(F)c2)C(=O)O1)C(=O)OCOC(O)CC1CCCN1C. The van der Waals surface area contributed by atoms with Crippen molar-refractivity contribution >= 4 is 29.5 Å². The molecule has 0 aliphatic carbocycles. The van der Waals surface area contributed by atoms with E-state index in [-0.39, 0.29) is 19.1 Å². The quantitative estimate of drug-likeness (QED) is 0.445. The third-order valence-corrected chi connectivity index (χ3v) is 7.73. The minimum atomic E-state index is -1.12. The molecule has 2 aromatic rings. The third-order valence-electron chi connectivity index (χ3n) is 7.73. The summed E-state index contributed by atoms with van der Waals surface area (Å²) in [5.41, 5.74) is 2.62. The molecule has 0 radical (unpaired) electrons. The molecular weight excluding hydrogens is 539 g/mol. The largest absolute Gasteiger partial charge is 0.442 e. The first-order valence-electron chi connectivity index (χ1n) is 13.6. The Morgan fingerprint density at radius 2 is 2.10 bits per heavy atom. The molecule has 1 aromatic heterocycles. The molecule has 2 saturated heterocycles. The number of hydrogen-bond acceptors (Lipinski definition) is 10. The zero-order valence-electron chi connectivity index (χ0n) is 23.4. The van der Waals surface area contributed by atoms with Gasteiger partial charge in [-0.15, -0.1) is 0 Å². The van der Waals surface area contributed by atoms with Gasteiger partial charge in [-0.3, -0.25) is 14.4 Å². The van der Waals surface area contributed by atoms with E-state index in [0.29, 0.717) is 30.9 Å². The average molecular weight is 575 g/mol. The Kier molecular flexibility index (Phi) is 8.42. The summed E-state index contributed by atoms with van der Waals surface area (Å²) < 4.78 is 32.5. The maximum atomic E-state index is 15.1. The molecule has 2 unspecified atom stereocenters. The second kappa shape index (κ2) is 12.0. The molecule has 1 aromatic carbocycles. The van der Waals surface area contributed by atoms with E-state index >= 15 is 4.39 Å². The molecule has 41 heavy (non-hydrogen) atoms. The minimum absolute atomic E-state index is 0.00145. The lowest BCUT2D eigenvalue weighted by Gasteiger charge is -2.23. The highest BCUT2D eigenvalue weighted by Crippen LogP contribution is 2.32. The lowest BCUT2D eigenvalue weighted by Crippen LogP contribution is -2.42. The average Bonchev–Trinajstić information content (AvgIpc) is 3.66. The normalized spacial score (nSPS) is 21.2. The van der Waals surface area contributed by atoms with Crippen molar-refractivity contribution in [3.63, 3.8) is 0 Å². The number of likely N-dealkylation sites (tertiary alicyclic amines) is 1. The van der Waals surface area contributed by atoms with E-state index in [4.69, 9.17) is 14.2 Å². The molecule has 13 nitrogen and oxygen atoms in total. The number of aromatic nitrogens is 2. The van der Waals surface area contributed by atoms with Gasteiger partial charge in [0.1, 0.15) is 11.9 Å². The molecule has 3 aliphatic rings. The van der Waals surface area contributed by atoms with Gasteiger partial charge >= 0.3 is 12.2 Å². The summed E-state index contributed by atoms with van der Waals surface area (Å²) in [6, 6.07) is 4.68. The number of rotatable bonds is 9. The summed E-state index contributed by atoms with van der Waals surface area (Å²) in [5.74, 6) is -1.11. The molecule has 3 amide bonds. The summed E-state index contributed by atoms with van der Waals surface area (Å²) in [4.78, 5) is 43.4. The Morgan fingerprint density at radius 1 is 1.29 bits per heavy atom. The van der Waals surface area contributed by atoms with Crippen LogP contribution in [0.2, 0.25) is 0 Å². The number of carbonyl (C=O) groups excluding carboxylic acids is 3. The van der Waals surface area contributed by atoms with E-state index in [1.54, 1.807) is 16.8 Å². The predicted octanol–water partition coefficient (Wildman–Crippen LogP) is 2.17. The monoisotopic (exact) mass is 574 g/mol. The van der Waals surface area contributed by atoms with Crippen LogP contribution in [0.15, 0.2) is 24.4 Å². The second-order valence-electron chi connectivity index (χ2n) is 10.7. The van der Waals surface area contributed by atoms with Gasteiger partial charge in [0.2, 0.25) is 5.91 Å². The van der Waals surface area contributed by atoms with Gasteiger partial charge in [-0.2, -0.15) is 5.10 Å². The van der Waals surface area contributed by atoms with Crippen molar-refractivity contribution in [3.05, 3.63) is 41.5 Å². The van der Waals surface area contributed by atoms with Gasteiger partial charge in [0, 0.05) is 44.7 Å². The second-order valence-corrected chi connectivity index (χ2v) is 10.7. The Hall–Kier alpha value is -3.75. The third kappa shape index (κ3) is 6.44. The van der Waals surface area contributed by atoms with E-state index < -0.39 is 43.1 Å². The number of aliphatic hydroxyl groups excluding tert-OH is 1. The van der Waals surface area contributed by atoms with E-state index in [9.17, 15) is 19.5 Å². The van der Waals surface area contributed by atoms with Crippen LogP contribution in [0.4, 0.5) is 25.4 Å². The van der Waals surface area contributed by atoms with Crippen LogP contribution in [0, 0.1) is 5.82 Å². The van der Waals surface area contributed by atoms with Gasteiger partial charge in [-0.1, -0.05) is 0 Å². The van der Waals surface area contributed by atoms with E-state index in [0.717, 1.165) is 35.5 Å². The van der Waals surface area contributed by atoms with Gasteiger partial charge in [0.15, 0.2) is 13.1 Å². The van der Waals surface area contributed by atoms with Crippen LogP contribution in [0.5, 0.6) is 0 Å². The number of ether oxygens (including phenoxy) is 3. The Balaban J connectivity index is 1.13. The molecule has 4 heterocycles. The maximum absolute atomic E-state index is 15.1. The smallest absolute Gasteiger partial charge is 0.418 e. The molecule has 3 atom stereocenters. The van der Waals surface area contributed by atoms with Crippen LogP contribution >= 0.6 is 0 Å². The molecule has 0 saturated carbocycles. The zero-order valence-corrected chi connectivity index (χ0v) is 23.4. The Bertz CT molecular complexity index is 1280. The number of aryl methyl sites for hydroxylation is 1. The van der Waals surface area contributed by atoms with Gasteiger partial charge in [0.05, 0.1) is 36.7 Å². The highest BCUT2D eigenvalue weighted by Gasteiger charge is 2.36. The van der Waals surface area contributed by atoms with Crippen molar-refractivity contribution in [1.82, 2.24) is 19.6 Å². The van der Waals surface area contributed by atoms with Crippen molar-refractivity contribution in [2.45, 2.75) is 57.7 Å². The molecular formula is C27H35FN6O7. The van der Waals surface area contributed by atoms with Crippen molar-refractivity contribution in [2.24, 2.45) is 7.05 Å². The van der Waals surface area contributed by atoms with Crippen molar-refractivity contribution in [2.75, 3.05) is 43.3 Å². The number of fused-ring (bicyclic) bond motifs is 1. The molecule has 5 rings (SSSR count). The number of cyclic esters (lactones) is 1. The number of benzene rings is 1. The lowest BCUT2D eigenvalue weighted by atomic mass is 10.1. The van der Waals surface area contributed by atoms with Gasteiger partial charge < -0.3 is 29.1 Å². The number of aliphatic hydroxyl groups is 1. The number of amides is 3. The van der Waals surface area contributed by atoms with Crippen LogP contribution in [0.25, 0.3) is 0 Å². The van der Waals surface area contributed by atoms with Crippen molar-refractivity contribution in [1.29, 1.82) is 0 Å². The summed E-state index contributed by atoms with van der Waals surface area (Å²) in [6.07, 6.45) is 0.602. The zero-order chi connectivity index (χ0) is 29.3. The van der Waals surface area contributed by atoms with E-state index in [2.05, 4.69) is 10.00 Å². The summed E-state index contributed by atoms with van der Waals surface area (Å²) >= 11 is 0. The molecule has 0 bridgehead atoms. The van der Waals surface area contributed by atoms with Crippen molar-refractivity contribution in [3.8, 4) is 0 Å². The standard InChI is InChI=1S/C27H35FN6O7/c1-17(35)33(26(37)40-16-39-25(36)10-19-5-4-8-30(19)2)13-21-14-34(27(38)41-21)20-6-7-24(22(28)9-20)32-12-18-11-31(3)29-23(18)15-32/h6-7,9,11,19,21,25,36H,4-5,8,10,12-16H2,1-3H3/t19?,21-,25?/m0/s1. The number of imide groups is 1. The van der Waals surface area contributed by atoms with Crippen molar-refractivity contribution < 1.29 is 38.1 Å². The fourth-order valence-corrected chi connectivity index (χ4v) is 5.56. The molecule has 2 fully saturated rings. The van der Waals surface area contributed by atoms with Crippen LogP contribution < -0.4 is 9.80 Å². The number of nitrogens with zero attached hydrogens (tertiary/aromatic N) is 6. The Morgan fingerprint density at radius 3 is 2.78 bits per heavy atom. The first-order valence-corrected chi connectivity index (χ1v) is 13.6. The highest BCUT2D eigenvalue weighted by atomic mass is 19.1. The number of anilines is 2. The van der Waals surface area contributed by atoms with Gasteiger partial charge in [-0.25, -0.2) is 18.9 Å². The van der Waals surface area contributed by atoms with Crippen LogP contribution in [-0.4, -0.2) is 94.7 Å². The topological polar surface area (TPSA) is 130 Å². The van der Waals surface area contributed by atoms with Gasteiger partial charge in [-0.05, 0) is 44.6 Å². The number of hydrogen-bond donors (Lipinski definition) is 1. The summed E-state index contributed by atoms with van der Waals surface area (Å²) in [7, 11) is 3.82. The fourth-order valence-electron chi connectivity index (χ4n) is 5.56. The molecule has 14 heteroatoms. The van der Waals surface area contributed by atoms with Gasteiger partial charge in [0.25, 0.3) is 0 Å². The van der Waals surface area contributed by atoms with E-state index in [1.165, 1.54) is 17.9 Å². The fraction of sp³-hybridized carbons (Fsp3) is 0.556. The van der Waals surface area contributed by atoms with E-state index in [1.807, 2.05) is 25.2 Å². The molecule has 3 aliphatic heterocycles. The summed E-state index contributed by atoms with van der Waals surface area (Å²) in [6.45, 7) is 2.35. The number of carbonyl (C=O) groups is 3. The molecule has 1 N–H and O–H groups in total. The first-order chi connectivity index (χ1) is 19.6. The predicted molar refractivity (Wildman–Crippen MR) is 143 cm³/mol. The number of halogens is 1. The highest BCUT2D eigenvalue weighted by molar-refractivity contribution is 5.92. The lowest BCUT2D eigenvalue weighted by molar-refractivity contribution is -0.163. The summed E-state index contributed by atoms with van der Waals surface area (Å²) in [5, 5.41) is 14.5. The maximum Gasteiger partial charge on any atom is 0.418 e. The van der Waals surface area contributed by atoms with Crippen LogP contribution in [0.1, 0.15) is 37.4 Å². The molecule has 0 spiro atoms. The Labute approximate surface area is 236 Å².